The first-order valence-electron chi connectivity index (χ1n) is 7.87. The van der Waals surface area contributed by atoms with Crippen LogP contribution < -0.4 is 5.32 Å². The molecule has 1 amide bonds. The van der Waals surface area contributed by atoms with Crippen LogP contribution in [0.1, 0.15) is 0 Å². The molecule has 0 bridgehead atoms. The molecule has 9 heteroatoms. The lowest BCUT2D eigenvalue weighted by atomic mass is 10.2. The first-order chi connectivity index (χ1) is 13.1. The fraction of sp³-hybridized carbons (Fsp3) is 0.0556. The lowest BCUT2D eigenvalue weighted by Gasteiger charge is -2.06. The van der Waals surface area contributed by atoms with Gasteiger partial charge < -0.3 is 5.32 Å². The second-order valence-electron chi connectivity index (χ2n) is 5.55. The molecular weight excluding hydrogens is 407 g/mol. The number of anilines is 1. The van der Waals surface area contributed by atoms with E-state index in [9.17, 15) is 9.18 Å². The van der Waals surface area contributed by atoms with Crippen LogP contribution in [0, 0.1) is 5.82 Å². The van der Waals surface area contributed by atoms with Crippen molar-refractivity contribution in [3.8, 4) is 11.3 Å². The molecule has 0 radical (unpaired) electrons. The van der Waals surface area contributed by atoms with Crippen LogP contribution in [0.4, 0.5) is 10.1 Å². The number of amides is 1. The van der Waals surface area contributed by atoms with Crippen molar-refractivity contribution in [1.82, 2.24) is 14.6 Å². The fourth-order valence-corrected chi connectivity index (χ4v) is 4.31. The minimum absolute atomic E-state index is 0.157. The van der Waals surface area contributed by atoms with Gasteiger partial charge in [0.05, 0.1) is 22.2 Å². The number of thiazole rings is 1. The molecule has 4 aromatic rings. The third-order valence-corrected chi connectivity index (χ3v) is 5.82. The lowest BCUT2D eigenvalue weighted by molar-refractivity contribution is -0.113. The van der Waals surface area contributed by atoms with Gasteiger partial charge in [0.1, 0.15) is 5.82 Å². The van der Waals surface area contributed by atoms with E-state index in [0.717, 1.165) is 11.3 Å². The first kappa shape index (κ1) is 18.0. The zero-order valence-corrected chi connectivity index (χ0v) is 16.1. The summed E-state index contributed by atoms with van der Waals surface area (Å²) >= 11 is 8.77. The Labute approximate surface area is 167 Å². The van der Waals surface area contributed by atoms with Gasteiger partial charge in [-0.25, -0.2) is 4.39 Å². The number of nitrogens with zero attached hydrogens (tertiary/aromatic N) is 3. The van der Waals surface area contributed by atoms with E-state index in [1.165, 1.54) is 35.2 Å². The van der Waals surface area contributed by atoms with Crippen LogP contribution in [0.25, 0.3) is 16.2 Å². The van der Waals surface area contributed by atoms with Gasteiger partial charge in [-0.15, -0.1) is 21.5 Å². The molecule has 0 unspecified atom stereocenters. The third kappa shape index (κ3) is 3.83. The van der Waals surface area contributed by atoms with Gasteiger partial charge in [0.2, 0.25) is 10.9 Å². The van der Waals surface area contributed by atoms with Gasteiger partial charge in [-0.3, -0.25) is 9.20 Å². The number of thioether (sulfide) groups is 1. The maximum atomic E-state index is 13.2. The number of carbonyl (C=O) groups is 1. The summed E-state index contributed by atoms with van der Waals surface area (Å²) in [6.45, 7) is 0. The Hall–Kier alpha value is -2.42. The largest absolute Gasteiger partial charge is 0.324 e. The van der Waals surface area contributed by atoms with Gasteiger partial charge in [-0.05, 0) is 42.0 Å². The Balaban J connectivity index is 1.53. The number of carbonyl (C=O) groups excluding carboxylic acids is 1. The zero-order chi connectivity index (χ0) is 18.8. The SMILES string of the molecule is O=C(CSc1nnc2scc(-c3ccc(F)cc3)n12)Nc1ccccc1Cl. The number of fused-ring (bicyclic) bond motifs is 1. The molecule has 5 nitrogen and oxygen atoms in total. The summed E-state index contributed by atoms with van der Waals surface area (Å²) in [6.07, 6.45) is 0. The van der Waals surface area contributed by atoms with Crippen LogP contribution >= 0.6 is 34.7 Å². The molecule has 2 aromatic heterocycles. The van der Waals surface area contributed by atoms with Crippen molar-refractivity contribution in [3.05, 3.63) is 64.8 Å². The minimum Gasteiger partial charge on any atom is -0.324 e. The molecule has 0 saturated carbocycles. The van der Waals surface area contributed by atoms with Crippen molar-refractivity contribution in [2.24, 2.45) is 0 Å². The highest BCUT2D eigenvalue weighted by Crippen LogP contribution is 2.30. The van der Waals surface area contributed by atoms with E-state index in [1.807, 2.05) is 9.78 Å². The molecule has 1 N–H and O–H groups in total. The molecule has 27 heavy (non-hydrogen) atoms. The predicted octanol–water partition coefficient (Wildman–Crippen LogP) is 4.98. The Morgan fingerprint density at radius 1 is 1.19 bits per heavy atom. The van der Waals surface area contributed by atoms with Crippen molar-refractivity contribution in [3.63, 3.8) is 0 Å². The minimum atomic E-state index is -0.292. The average molecular weight is 419 g/mol. The second-order valence-corrected chi connectivity index (χ2v) is 7.73. The summed E-state index contributed by atoms with van der Waals surface area (Å²) in [7, 11) is 0. The van der Waals surface area contributed by atoms with Crippen molar-refractivity contribution in [1.29, 1.82) is 0 Å². The van der Waals surface area contributed by atoms with Crippen molar-refractivity contribution in [2.45, 2.75) is 5.16 Å². The highest BCUT2D eigenvalue weighted by molar-refractivity contribution is 7.99. The molecular formula is C18H12ClFN4OS2. The Morgan fingerprint density at radius 2 is 1.96 bits per heavy atom. The number of aromatic nitrogens is 3. The molecule has 0 aliphatic heterocycles. The van der Waals surface area contributed by atoms with Gasteiger partial charge >= 0.3 is 0 Å². The number of hydrogen-bond donors (Lipinski definition) is 1. The van der Waals surface area contributed by atoms with Gasteiger partial charge in [-0.2, -0.15) is 0 Å². The summed E-state index contributed by atoms with van der Waals surface area (Å²) in [6, 6.07) is 13.3. The molecule has 0 aliphatic rings. The number of halogens is 2. The fourth-order valence-electron chi connectivity index (χ4n) is 2.49. The Morgan fingerprint density at radius 3 is 2.74 bits per heavy atom. The quantitative estimate of drug-likeness (QED) is 0.464. The standard InChI is InChI=1S/C18H12ClFN4OS2/c19-13-3-1-2-4-14(13)21-16(25)10-27-18-23-22-17-24(18)15(9-26-17)11-5-7-12(20)8-6-11/h1-9H,10H2,(H,21,25). The van der Waals surface area contributed by atoms with E-state index in [0.29, 0.717) is 20.8 Å². The lowest BCUT2D eigenvalue weighted by Crippen LogP contribution is -2.14. The van der Waals surface area contributed by atoms with E-state index in [-0.39, 0.29) is 17.5 Å². The van der Waals surface area contributed by atoms with Crippen LogP contribution in [0.3, 0.4) is 0 Å². The molecule has 2 aromatic carbocycles. The van der Waals surface area contributed by atoms with Crippen molar-refractivity contribution >= 4 is 51.3 Å². The van der Waals surface area contributed by atoms with Gasteiger partial charge in [0, 0.05) is 5.38 Å². The van der Waals surface area contributed by atoms with Gasteiger partial charge in [0.15, 0.2) is 5.16 Å². The predicted molar refractivity (Wildman–Crippen MR) is 107 cm³/mol. The van der Waals surface area contributed by atoms with Crippen LogP contribution in [0.2, 0.25) is 5.02 Å². The van der Waals surface area contributed by atoms with E-state index in [4.69, 9.17) is 11.6 Å². The molecule has 136 valence electrons. The molecule has 2 heterocycles. The number of para-hydroxylation sites is 1. The summed E-state index contributed by atoms with van der Waals surface area (Å²) in [5, 5.41) is 14.1. The third-order valence-electron chi connectivity index (χ3n) is 3.74. The van der Waals surface area contributed by atoms with Crippen LogP contribution in [0.15, 0.2) is 59.1 Å². The summed E-state index contributed by atoms with van der Waals surface area (Å²) in [5.74, 6) is -0.326. The maximum absolute atomic E-state index is 13.2. The number of hydrogen-bond acceptors (Lipinski definition) is 5. The number of benzene rings is 2. The van der Waals surface area contributed by atoms with E-state index < -0.39 is 0 Å². The highest BCUT2D eigenvalue weighted by atomic mass is 35.5. The van der Waals surface area contributed by atoms with Crippen LogP contribution in [0.5, 0.6) is 0 Å². The maximum Gasteiger partial charge on any atom is 0.234 e. The van der Waals surface area contributed by atoms with Gasteiger partial charge in [0.25, 0.3) is 0 Å². The van der Waals surface area contributed by atoms with Crippen LogP contribution in [-0.4, -0.2) is 26.3 Å². The van der Waals surface area contributed by atoms with Gasteiger partial charge in [-0.1, -0.05) is 35.5 Å². The van der Waals surface area contributed by atoms with Crippen molar-refractivity contribution < 1.29 is 9.18 Å². The number of nitrogens with one attached hydrogen (secondary N) is 1. The molecule has 0 aliphatic carbocycles. The van der Waals surface area contributed by atoms with E-state index >= 15 is 0 Å². The monoisotopic (exact) mass is 418 g/mol. The molecule has 0 atom stereocenters. The summed E-state index contributed by atoms with van der Waals surface area (Å²) < 4.78 is 15.1. The summed E-state index contributed by atoms with van der Waals surface area (Å²) in [5.41, 5.74) is 2.28. The topological polar surface area (TPSA) is 59.3 Å². The molecule has 0 fully saturated rings. The average Bonchev–Trinajstić information content (AvgIpc) is 3.25. The summed E-state index contributed by atoms with van der Waals surface area (Å²) in [4.78, 5) is 13.0. The molecule has 4 rings (SSSR count). The zero-order valence-electron chi connectivity index (χ0n) is 13.7. The Kier molecular flexibility index (Phi) is 5.11. The number of rotatable bonds is 5. The van der Waals surface area contributed by atoms with Crippen LogP contribution in [-0.2, 0) is 4.79 Å². The smallest absolute Gasteiger partial charge is 0.234 e. The Bertz CT molecular complexity index is 1110. The highest BCUT2D eigenvalue weighted by Gasteiger charge is 2.15. The van der Waals surface area contributed by atoms with Crippen molar-refractivity contribution in [2.75, 3.05) is 11.1 Å². The second kappa shape index (κ2) is 7.67. The normalized spacial score (nSPS) is 11.0. The first-order valence-corrected chi connectivity index (χ1v) is 10.1. The molecule has 0 spiro atoms. The molecule has 0 saturated heterocycles. The van der Waals surface area contributed by atoms with E-state index in [1.54, 1.807) is 36.4 Å². The van der Waals surface area contributed by atoms with E-state index in [2.05, 4.69) is 15.5 Å².